The predicted octanol–water partition coefficient (Wildman–Crippen LogP) is 4.05. The fourth-order valence-corrected chi connectivity index (χ4v) is 4.08. The number of amides is 1. The predicted molar refractivity (Wildman–Crippen MR) is 114 cm³/mol. The number of carbonyl (C=O) groups excluding carboxylic acids is 1. The molecule has 2 aromatic carbocycles. The zero-order valence-corrected chi connectivity index (χ0v) is 17.7. The van der Waals surface area contributed by atoms with Crippen LogP contribution in [0.4, 0.5) is 4.39 Å². The van der Waals surface area contributed by atoms with Crippen LogP contribution in [0.25, 0.3) is 17.1 Å². The van der Waals surface area contributed by atoms with Gasteiger partial charge in [-0.25, -0.2) is 4.39 Å². The minimum absolute atomic E-state index is 0.145. The third kappa shape index (κ3) is 3.45. The summed E-state index contributed by atoms with van der Waals surface area (Å²) >= 11 is 0. The molecule has 0 bridgehead atoms. The Kier molecular flexibility index (Phi) is 5.01. The summed E-state index contributed by atoms with van der Waals surface area (Å²) in [6.07, 6.45) is 4.68. The summed E-state index contributed by atoms with van der Waals surface area (Å²) in [5.74, 6) is 0.181. The minimum atomic E-state index is -0.334. The number of rotatable bonds is 4. The highest BCUT2D eigenvalue weighted by atomic mass is 19.1. The molecule has 3 heterocycles. The van der Waals surface area contributed by atoms with Crippen LogP contribution >= 0.6 is 0 Å². The average Bonchev–Trinajstić information content (AvgIpc) is 3.55. The number of hydrogen-bond donors (Lipinski definition) is 0. The van der Waals surface area contributed by atoms with E-state index < -0.39 is 0 Å². The van der Waals surface area contributed by atoms with Crippen molar-refractivity contribution in [1.82, 2.24) is 30.0 Å². The summed E-state index contributed by atoms with van der Waals surface area (Å²) in [5.41, 5.74) is 3.11. The average molecular weight is 432 g/mol. The van der Waals surface area contributed by atoms with E-state index in [9.17, 15) is 9.18 Å². The monoisotopic (exact) mass is 432 g/mol. The van der Waals surface area contributed by atoms with Crippen molar-refractivity contribution in [3.63, 3.8) is 0 Å². The molecule has 1 fully saturated rings. The maximum Gasteiger partial charge on any atom is 0.258 e. The molecule has 0 radical (unpaired) electrons. The number of carbonyl (C=O) groups is 1. The molecule has 32 heavy (non-hydrogen) atoms. The maximum atomic E-state index is 14.0. The first-order valence-electron chi connectivity index (χ1n) is 10.4. The number of halogens is 1. The summed E-state index contributed by atoms with van der Waals surface area (Å²) in [6, 6.07) is 9.98. The molecule has 1 aliphatic rings. The number of hydrogen-bond acceptors (Lipinski definition) is 6. The number of likely N-dealkylation sites (tertiary alicyclic amines) is 1. The van der Waals surface area contributed by atoms with Gasteiger partial charge in [0.15, 0.2) is 5.82 Å². The fraction of sp³-hybridized carbons (Fsp3) is 0.261. The second-order valence-corrected chi connectivity index (χ2v) is 7.87. The Labute approximate surface area is 183 Å². The van der Waals surface area contributed by atoms with E-state index >= 15 is 0 Å². The summed E-state index contributed by atoms with van der Waals surface area (Å²) in [4.78, 5) is 21.3. The number of benzene rings is 2. The summed E-state index contributed by atoms with van der Waals surface area (Å²) in [7, 11) is 0. The van der Waals surface area contributed by atoms with E-state index in [-0.39, 0.29) is 23.7 Å². The molecule has 8 nitrogen and oxygen atoms in total. The third-order valence-corrected chi connectivity index (χ3v) is 5.77. The van der Waals surface area contributed by atoms with Gasteiger partial charge in [0.05, 0.1) is 29.7 Å². The molecule has 1 saturated heterocycles. The largest absolute Gasteiger partial charge is 0.334 e. The van der Waals surface area contributed by atoms with Crippen molar-refractivity contribution in [2.24, 2.45) is 0 Å². The topological polar surface area (TPSA) is 89.9 Å². The first-order valence-corrected chi connectivity index (χ1v) is 10.4. The molecule has 1 atom stereocenters. The highest BCUT2D eigenvalue weighted by molar-refractivity contribution is 5.98. The molecule has 0 spiro atoms. The lowest BCUT2D eigenvalue weighted by Gasteiger charge is -2.23. The van der Waals surface area contributed by atoms with Crippen LogP contribution in [-0.4, -0.2) is 42.5 Å². The Bertz CT molecular complexity index is 1280. The van der Waals surface area contributed by atoms with Crippen LogP contribution in [0.3, 0.4) is 0 Å². The van der Waals surface area contributed by atoms with Crippen LogP contribution in [-0.2, 0) is 0 Å². The Morgan fingerprint density at radius 1 is 1.16 bits per heavy atom. The molecule has 0 N–H and O–H groups in total. The Morgan fingerprint density at radius 2 is 1.97 bits per heavy atom. The van der Waals surface area contributed by atoms with E-state index in [0.29, 0.717) is 41.2 Å². The Balaban J connectivity index is 1.47. The zero-order chi connectivity index (χ0) is 22.2. The van der Waals surface area contributed by atoms with Gasteiger partial charge in [-0.1, -0.05) is 17.3 Å². The molecule has 9 heteroatoms. The molecule has 1 unspecified atom stereocenters. The lowest BCUT2D eigenvalue weighted by molar-refractivity contribution is 0.0728. The van der Waals surface area contributed by atoms with Gasteiger partial charge in [-0.15, -0.1) is 0 Å². The maximum absolute atomic E-state index is 14.0. The van der Waals surface area contributed by atoms with Crippen molar-refractivity contribution in [2.75, 3.05) is 6.54 Å². The second-order valence-electron chi connectivity index (χ2n) is 7.87. The van der Waals surface area contributed by atoms with Gasteiger partial charge in [0.1, 0.15) is 5.82 Å². The van der Waals surface area contributed by atoms with Crippen molar-refractivity contribution in [1.29, 1.82) is 0 Å². The van der Waals surface area contributed by atoms with Gasteiger partial charge in [0.2, 0.25) is 0 Å². The van der Waals surface area contributed by atoms with Crippen LogP contribution in [0.2, 0.25) is 0 Å². The quantitative estimate of drug-likeness (QED) is 0.483. The van der Waals surface area contributed by atoms with Crippen LogP contribution in [0.15, 0.2) is 53.3 Å². The Morgan fingerprint density at radius 3 is 2.78 bits per heavy atom. The molecule has 0 saturated carbocycles. The van der Waals surface area contributed by atoms with Crippen molar-refractivity contribution in [3.8, 4) is 17.1 Å². The van der Waals surface area contributed by atoms with Gasteiger partial charge in [-0.3, -0.25) is 4.79 Å². The van der Waals surface area contributed by atoms with Crippen LogP contribution < -0.4 is 0 Å². The SMILES string of the molecule is Cc1ccc(C(=O)N2CCCC2c2noc(-c3cccc(F)c3C)n2)c(-n2nccn2)c1. The Hall–Kier alpha value is -3.88. The lowest BCUT2D eigenvalue weighted by Crippen LogP contribution is -2.32. The molecule has 1 amide bonds. The second kappa shape index (κ2) is 7.99. The lowest BCUT2D eigenvalue weighted by atomic mass is 10.1. The highest BCUT2D eigenvalue weighted by Crippen LogP contribution is 2.34. The van der Waals surface area contributed by atoms with Crippen molar-refractivity contribution >= 4 is 5.91 Å². The van der Waals surface area contributed by atoms with Gasteiger partial charge in [-0.2, -0.15) is 20.0 Å². The first kappa shape index (κ1) is 20.0. The van der Waals surface area contributed by atoms with Crippen molar-refractivity contribution in [3.05, 3.63) is 77.1 Å². The van der Waals surface area contributed by atoms with E-state index in [4.69, 9.17) is 4.52 Å². The van der Waals surface area contributed by atoms with E-state index in [2.05, 4.69) is 20.3 Å². The molecular weight excluding hydrogens is 411 g/mol. The van der Waals surface area contributed by atoms with Gasteiger partial charge >= 0.3 is 0 Å². The fourth-order valence-electron chi connectivity index (χ4n) is 4.08. The van der Waals surface area contributed by atoms with E-state index in [0.717, 1.165) is 12.0 Å². The molecular formula is C23H21FN6O2. The minimum Gasteiger partial charge on any atom is -0.334 e. The van der Waals surface area contributed by atoms with E-state index in [1.54, 1.807) is 42.4 Å². The molecule has 162 valence electrons. The van der Waals surface area contributed by atoms with Gasteiger partial charge in [-0.05, 0) is 62.1 Å². The van der Waals surface area contributed by atoms with Crippen LogP contribution in [0.5, 0.6) is 0 Å². The molecule has 5 rings (SSSR count). The summed E-state index contributed by atoms with van der Waals surface area (Å²) in [5, 5.41) is 12.5. The van der Waals surface area contributed by atoms with E-state index in [1.807, 2.05) is 19.1 Å². The normalized spacial score (nSPS) is 16.0. The smallest absolute Gasteiger partial charge is 0.258 e. The first-order chi connectivity index (χ1) is 15.5. The molecule has 4 aromatic rings. The number of aromatic nitrogens is 5. The van der Waals surface area contributed by atoms with Crippen LogP contribution in [0, 0.1) is 19.7 Å². The van der Waals surface area contributed by atoms with Gasteiger partial charge < -0.3 is 9.42 Å². The number of aryl methyl sites for hydroxylation is 1. The van der Waals surface area contributed by atoms with Gasteiger partial charge in [0, 0.05) is 12.1 Å². The molecule has 2 aromatic heterocycles. The van der Waals surface area contributed by atoms with Crippen LogP contribution in [0.1, 0.15) is 46.2 Å². The number of nitrogens with zero attached hydrogens (tertiary/aromatic N) is 6. The summed E-state index contributed by atoms with van der Waals surface area (Å²) < 4.78 is 19.4. The van der Waals surface area contributed by atoms with Gasteiger partial charge in [0.25, 0.3) is 11.8 Å². The van der Waals surface area contributed by atoms with Crippen molar-refractivity contribution in [2.45, 2.75) is 32.7 Å². The van der Waals surface area contributed by atoms with Crippen molar-refractivity contribution < 1.29 is 13.7 Å². The third-order valence-electron chi connectivity index (χ3n) is 5.77. The van der Waals surface area contributed by atoms with E-state index in [1.165, 1.54) is 10.9 Å². The summed E-state index contributed by atoms with van der Waals surface area (Å²) in [6.45, 7) is 4.20. The standard InChI is InChI=1S/C23H21FN6O2/c1-14-8-9-17(20(13-14)30-25-10-11-26-30)23(31)29-12-4-7-19(29)21-27-22(32-28-21)16-5-3-6-18(24)15(16)2/h3,5-6,8-11,13,19H,4,7,12H2,1-2H3. The molecule has 1 aliphatic heterocycles. The molecule has 0 aliphatic carbocycles. The highest BCUT2D eigenvalue weighted by Gasteiger charge is 2.35. The zero-order valence-electron chi connectivity index (χ0n) is 17.7.